The molecule has 17 heteroatoms. The molecule has 4 aliphatic carbocycles. The van der Waals surface area contributed by atoms with Gasteiger partial charge in [-0.25, -0.2) is 4.79 Å². The zero-order valence-corrected chi connectivity index (χ0v) is 51.5. The van der Waals surface area contributed by atoms with E-state index < -0.39 is 34.2 Å². The maximum atomic E-state index is 13.4. The zero-order valence-electron chi connectivity index (χ0n) is 49.3. The summed E-state index contributed by atoms with van der Waals surface area (Å²) in [4.78, 5) is 102. The molecule has 2 aromatic rings. The fourth-order valence-electron chi connectivity index (χ4n) is 12.8. The third-order valence-electron chi connectivity index (χ3n) is 17.8. The fourth-order valence-corrected chi connectivity index (χ4v) is 13.0. The molecular formula is C68H81Cl3N2O12. The molecule has 456 valence electrons. The third-order valence-corrected chi connectivity index (χ3v) is 18.9. The first-order chi connectivity index (χ1) is 40.4. The van der Waals surface area contributed by atoms with Gasteiger partial charge in [0, 0.05) is 24.2 Å². The topological polar surface area (TPSA) is 191 Å². The number of aliphatic hydroxyl groups is 1. The second-order valence-corrected chi connectivity index (χ2v) is 25.0. The highest BCUT2D eigenvalue weighted by Crippen LogP contribution is 2.51. The van der Waals surface area contributed by atoms with Gasteiger partial charge in [0.2, 0.25) is 5.24 Å². The lowest BCUT2D eigenvalue weighted by Gasteiger charge is -2.28. The van der Waals surface area contributed by atoms with Crippen LogP contribution in [0.4, 0.5) is 0 Å². The maximum absolute atomic E-state index is 13.4. The first kappa shape index (κ1) is 67.7. The van der Waals surface area contributed by atoms with Gasteiger partial charge in [-0.3, -0.25) is 43.4 Å². The predicted molar refractivity (Wildman–Crippen MR) is 330 cm³/mol. The van der Waals surface area contributed by atoms with Gasteiger partial charge in [-0.15, -0.1) is 49.5 Å². The molecule has 1 N–H and O–H groups in total. The molecule has 2 aromatic carbocycles. The molecule has 0 radical (unpaired) electrons. The van der Waals surface area contributed by atoms with Gasteiger partial charge in [-0.05, 0) is 174 Å². The summed E-state index contributed by atoms with van der Waals surface area (Å²) in [6.07, 6.45) is 20.8. The van der Waals surface area contributed by atoms with Crippen LogP contribution in [0.3, 0.4) is 0 Å². The number of benzene rings is 2. The molecule has 4 saturated carbocycles. The van der Waals surface area contributed by atoms with Crippen LogP contribution in [0.2, 0.25) is 0 Å². The molecule has 2 heterocycles. The Morgan fingerprint density at radius 2 is 0.965 bits per heavy atom. The number of carbonyl (C=O) groups excluding carboxylic acids is 8. The number of halogens is 3. The molecule has 4 fully saturated rings. The van der Waals surface area contributed by atoms with E-state index in [1.54, 1.807) is 62.4 Å². The Kier molecular flexibility index (Phi) is 24.1. The van der Waals surface area contributed by atoms with Crippen LogP contribution >= 0.6 is 34.8 Å². The molecular weight excluding hydrogens is 1140 g/mol. The van der Waals surface area contributed by atoms with Crippen molar-refractivity contribution in [2.24, 2.45) is 70.0 Å². The molecule has 14 atom stereocenters. The lowest BCUT2D eigenvalue weighted by Crippen LogP contribution is -2.36. The molecule has 0 saturated heterocycles. The highest BCUT2D eigenvalue weighted by Gasteiger charge is 2.51. The van der Waals surface area contributed by atoms with E-state index in [4.69, 9.17) is 49.0 Å². The highest BCUT2D eigenvalue weighted by atomic mass is 35.5. The monoisotopic (exact) mass is 1220 g/mol. The van der Waals surface area contributed by atoms with Gasteiger partial charge in [-0.2, -0.15) is 0 Å². The van der Waals surface area contributed by atoms with E-state index in [1.807, 2.05) is 38.2 Å². The second-order valence-electron chi connectivity index (χ2n) is 24.0. The normalized spacial score (nSPS) is 29.0. The second kappa shape index (κ2) is 30.3. The average molecular weight is 1220 g/mol. The van der Waals surface area contributed by atoms with Crippen molar-refractivity contribution in [3.63, 3.8) is 0 Å². The number of fused-ring (bicyclic) bond motifs is 2. The van der Waals surface area contributed by atoms with Crippen LogP contribution in [-0.2, 0) is 33.4 Å². The summed E-state index contributed by atoms with van der Waals surface area (Å²) in [7, 11) is 0. The van der Waals surface area contributed by atoms with Gasteiger partial charge < -0.3 is 19.3 Å². The smallest absolute Gasteiger partial charge is 0.333 e. The summed E-state index contributed by atoms with van der Waals surface area (Å²) in [6.45, 7) is 30.2. The van der Waals surface area contributed by atoms with E-state index in [-0.39, 0.29) is 125 Å². The number of imide groups is 2. The van der Waals surface area contributed by atoms with Crippen molar-refractivity contribution in [1.82, 2.24) is 9.80 Å². The Bertz CT molecular complexity index is 2900. The number of rotatable bonds is 23. The SMILES string of the molecule is C=C(C)C(=O)Cl.C=CC1CC(/C=C\C2CC(C=C)C(CN3C(=O)c4ccccc4C3=O)C2)C(C)(C(=O)OCC(CCl)OC(=O)C(=C)C)C1.C=CC1CC(/C=C\C2CC(C=C)C(CN3C(=O)c4ccccc4C3=O)C2)C(C)(C(=O)OCC(O)CCl)C1. The zero-order chi connectivity index (χ0) is 62.5. The number of esters is 3. The molecule has 14 nitrogen and oxygen atoms in total. The molecule has 6 aliphatic rings. The van der Waals surface area contributed by atoms with Gasteiger partial charge in [0.15, 0.2) is 0 Å². The van der Waals surface area contributed by atoms with Crippen molar-refractivity contribution >= 4 is 81.6 Å². The minimum Gasteiger partial charge on any atom is -0.462 e. The number of hydrogen-bond acceptors (Lipinski definition) is 12. The largest absolute Gasteiger partial charge is 0.462 e. The quantitative estimate of drug-likeness (QED) is 0.0211. The summed E-state index contributed by atoms with van der Waals surface area (Å²) in [6, 6.07) is 13.9. The Morgan fingerprint density at radius 3 is 1.28 bits per heavy atom. The van der Waals surface area contributed by atoms with E-state index in [1.165, 1.54) is 9.80 Å². The van der Waals surface area contributed by atoms with E-state index in [0.717, 1.165) is 38.5 Å². The standard InChI is InChI=1S/C34H40ClNO6.C30H36ClNO5.C4H5ClO/c1-6-22-16-26(34(5,17-22)33(40)41-20-27(18-35)42-32(39)21(3)4)13-12-23-14-24(7-2)25(15-23)19-36-30(37)28-10-8-9-11-29(28)31(36)38;1-4-19-14-23(30(3,15-19)29(36)37-18-24(33)16-31)11-10-20-12-21(5-2)22(13-20)17-32-27(34)25-8-6-7-9-26(25)28(32)35;1-3(2)4(5)6/h6-13,22-27H,1-3,14-20H2,4-5H3;4-11,19-24,33H,1-2,12-18H2,3H3;1H2,2H3/b13-12-;11-10-;. The van der Waals surface area contributed by atoms with Crippen molar-refractivity contribution in [3.8, 4) is 0 Å². The van der Waals surface area contributed by atoms with Crippen LogP contribution in [0.1, 0.15) is 120 Å². The van der Waals surface area contributed by atoms with Crippen molar-refractivity contribution in [3.05, 3.63) is 170 Å². The first-order valence-electron chi connectivity index (χ1n) is 29.0. The number of amides is 4. The summed E-state index contributed by atoms with van der Waals surface area (Å²) >= 11 is 16.5. The van der Waals surface area contributed by atoms with E-state index in [9.17, 15) is 43.5 Å². The number of aliphatic hydroxyl groups excluding tert-OH is 1. The van der Waals surface area contributed by atoms with Gasteiger partial charge in [-0.1, -0.05) is 86.0 Å². The number of alkyl halides is 2. The Morgan fingerprint density at radius 1 is 0.588 bits per heavy atom. The predicted octanol–water partition coefficient (Wildman–Crippen LogP) is 12.5. The summed E-state index contributed by atoms with van der Waals surface area (Å²) in [5, 5.41) is 9.25. The molecule has 2 aliphatic heterocycles. The van der Waals surface area contributed by atoms with Crippen LogP contribution in [-0.4, -0.2) is 112 Å². The lowest BCUT2D eigenvalue weighted by atomic mass is 9.79. The van der Waals surface area contributed by atoms with Crippen LogP contribution < -0.4 is 0 Å². The fraction of sp³-hybridized carbons (Fsp3) is 0.471. The van der Waals surface area contributed by atoms with Crippen molar-refractivity contribution in [2.75, 3.05) is 38.1 Å². The van der Waals surface area contributed by atoms with Crippen LogP contribution in [0, 0.1) is 70.0 Å². The average Bonchev–Trinajstić information content (AvgIpc) is 3.63. The van der Waals surface area contributed by atoms with Gasteiger partial charge in [0.1, 0.15) is 25.4 Å². The molecule has 8 rings (SSSR count). The van der Waals surface area contributed by atoms with Crippen molar-refractivity contribution in [1.29, 1.82) is 0 Å². The molecule has 4 amide bonds. The van der Waals surface area contributed by atoms with Crippen LogP contribution in [0.5, 0.6) is 0 Å². The Balaban J connectivity index is 0.000000250. The lowest BCUT2D eigenvalue weighted by molar-refractivity contribution is -0.163. The minimum atomic E-state index is -0.881. The Labute approximate surface area is 515 Å². The van der Waals surface area contributed by atoms with Crippen LogP contribution in [0.25, 0.3) is 0 Å². The summed E-state index contributed by atoms with van der Waals surface area (Å²) < 4.78 is 16.3. The van der Waals surface area contributed by atoms with Gasteiger partial charge >= 0.3 is 17.9 Å². The number of carbonyl (C=O) groups is 8. The molecule has 0 aromatic heterocycles. The molecule has 85 heavy (non-hydrogen) atoms. The maximum Gasteiger partial charge on any atom is 0.333 e. The third kappa shape index (κ3) is 16.2. The van der Waals surface area contributed by atoms with Gasteiger partial charge in [0.25, 0.3) is 23.6 Å². The van der Waals surface area contributed by atoms with Crippen LogP contribution in [0.15, 0.2) is 148 Å². The molecule has 14 unspecified atom stereocenters. The summed E-state index contributed by atoms with van der Waals surface area (Å²) in [5.41, 5.74) is 1.01. The molecule has 0 bridgehead atoms. The van der Waals surface area contributed by atoms with Crippen molar-refractivity contribution < 1.29 is 57.7 Å². The number of hydrogen-bond donors (Lipinski definition) is 1. The van der Waals surface area contributed by atoms with Gasteiger partial charge in [0.05, 0.1) is 44.8 Å². The number of nitrogens with zero attached hydrogens (tertiary/aromatic N) is 2. The highest BCUT2D eigenvalue weighted by molar-refractivity contribution is 6.67. The summed E-state index contributed by atoms with van der Waals surface area (Å²) in [5.74, 6) is -0.834. The minimum absolute atomic E-state index is 0.00431. The van der Waals surface area contributed by atoms with Crippen molar-refractivity contribution in [2.45, 2.75) is 91.3 Å². The Hall–Kier alpha value is -6.45. The number of allylic oxidation sites excluding steroid dienone is 9. The van der Waals surface area contributed by atoms with E-state index in [2.05, 4.69) is 63.8 Å². The van der Waals surface area contributed by atoms with E-state index >= 15 is 0 Å². The first-order valence-corrected chi connectivity index (χ1v) is 30.5. The molecule has 0 spiro atoms. The van der Waals surface area contributed by atoms with E-state index in [0.29, 0.717) is 53.8 Å². The number of ether oxygens (including phenoxy) is 3.